The molecule has 0 aliphatic rings. The summed E-state index contributed by atoms with van der Waals surface area (Å²) in [5.74, 6) is 0.767. The molecule has 112 valence electrons. The molecule has 0 fully saturated rings. The first-order chi connectivity index (χ1) is 10.6. The summed E-state index contributed by atoms with van der Waals surface area (Å²) in [7, 11) is 0. The van der Waals surface area contributed by atoms with E-state index in [0.717, 1.165) is 28.1 Å². The molecule has 0 radical (unpaired) electrons. The van der Waals surface area contributed by atoms with E-state index in [1.807, 2.05) is 24.3 Å². The maximum atomic E-state index is 9.44. The van der Waals surface area contributed by atoms with Gasteiger partial charge in [0.1, 0.15) is 11.5 Å². The van der Waals surface area contributed by atoms with Crippen LogP contribution in [-0.4, -0.2) is 20.4 Å². The van der Waals surface area contributed by atoms with Gasteiger partial charge in [0, 0.05) is 16.7 Å². The zero-order chi connectivity index (χ0) is 15.7. The summed E-state index contributed by atoms with van der Waals surface area (Å²) >= 11 is 0. The Morgan fingerprint density at radius 3 is 1.82 bits per heavy atom. The Morgan fingerprint density at radius 2 is 1.32 bits per heavy atom. The number of aromatic amines is 1. The van der Waals surface area contributed by atoms with E-state index in [-0.39, 0.29) is 17.4 Å². The number of hydrogen-bond donors (Lipinski definition) is 3. The normalized spacial score (nSPS) is 11.0. The van der Waals surface area contributed by atoms with Crippen LogP contribution in [0.4, 0.5) is 0 Å². The first-order valence-corrected chi connectivity index (χ1v) is 7.23. The first kappa shape index (κ1) is 14.2. The van der Waals surface area contributed by atoms with Gasteiger partial charge in [0.2, 0.25) is 0 Å². The van der Waals surface area contributed by atoms with Crippen LogP contribution < -0.4 is 0 Å². The van der Waals surface area contributed by atoms with Gasteiger partial charge in [-0.15, -0.1) is 0 Å². The van der Waals surface area contributed by atoms with E-state index < -0.39 is 0 Å². The van der Waals surface area contributed by atoms with Crippen molar-refractivity contribution in [1.29, 1.82) is 0 Å². The molecule has 0 spiro atoms. The Bertz CT molecular complexity index is 709. The Hall–Kier alpha value is -2.75. The molecule has 0 saturated heterocycles. The Kier molecular flexibility index (Phi) is 3.59. The number of phenolic OH excluding ortho intramolecular Hbond substituents is 2. The molecule has 4 heteroatoms. The molecule has 1 aromatic heterocycles. The Balaban J connectivity index is 2.13. The molecule has 0 aliphatic heterocycles. The van der Waals surface area contributed by atoms with E-state index in [2.05, 4.69) is 24.0 Å². The monoisotopic (exact) mass is 294 g/mol. The van der Waals surface area contributed by atoms with Gasteiger partial charge in [-0.25, -0.2) is 0 Å². The van der Waals surface area contributed by atoms with E-state index in [4.69, 9.17) is 0 Å². The predicted molar refractivity (Wildman–Crippen MR) is 86.9 cm³/mol. The highest BCUT2D eigenvalue weighted by molar-refractivity contribution is 5.75. The van der Waals surface area contributed by atoms with Crippen molar-refractivity contribution < 1.29 is 10.2 Å². The van der Waals surface area contributed by atoms with Crippen LogP contribution in [0.15, 0.2) is 48.5 Å². The molecule has 3 rings (SSSR count). The van der Waals surface area contributed by atoms with Gasteiger partial charge >= 0.3 is 0 Å². The molecule has 0 atom stereocenters. The van der Waals surface area contributed by atoms with Gasteiger partial charge in [0.15, 0.2) is 0 Å². The standard InChI is InChI=1S/C18H18N2O2/c1-11(2)16-17(12-3-7-14(21)8-4-12)19-20-18(16)13-5-9-15(22)10-6-13/h3-11,21-22H,1-2H3,(H,19,20). The summed E-state index contributed by atoms with van der Waals surface area (Å²) in [6.45, 7) is 4.25. The summed E-state index contributed by atoms with van der Waals surface area (Å²) in [6.07, 6.45) is 0. The third-order valence-electron chi connectivity index (χ3n) is 3.68. The van der Waals surface area contributed by atoms with Crippen molar-refractivity contribution in [1.82, 2.24) is 10.2 Å². The lowest BCUT2D eigenvalue weighted by atomic mass is 9.94. The van der Waals surface area contributed by atoms with Gasteiger partial charge in [0.25, 0.3) is 0 Å². The third kappa shape index (κ3) is 2.55. The first-order valence-electron chi connectivity index (χ1n) is 7.23. The topological polar surface area (TPSA) is 69.1 Å². The number of phenols is 2. The number of aromatic nitrogens is 2. The van der Waals surface area contributed by atoms with Crippen molar-refractivity contribution in [3.05, 3.63) is 54.1 Å². The summed E-state index contributed by atoms with van der Waals surface area (Å²) in [5.41, 5.74) is 4.91. The maximum absolute atomic E-state index is 9.44. The van der Waals surface area contributed by atoms with Crippen LogP contribution in [0, 0.1) is 0 Å². The molecule has 0 saturated carbocycles. The van der Waals surface area contributed by atoms with Crippen molar-refractivity contribution in [2.24, 2.45) is 0 Å². The summed E-state index contributed by atoms with van der Waals surface area (Å²) in [5, 5.41) is 26.5. The van der Waals surface area contributed by atoms with Gasteiger partial charge in [-0.05, 0) is 54.4 Å². The maximum Gasteiger partial charge on any atom is 0.115 e. The number of aromatic hydroxyl groups is 2. The highest BCUT2D eigenvalue weighted by Crippen LogP contribution is 2.36. The van der Waals surface area contributed by atoms with Gasteiger partial charge in [-0.1, -0.05) is 13.8 Å². The highest BCUT2D eigenvalue weighted by atomic mass is 16.3. The summed E-state index contributed by atoms with van der Waals surface area (Å²) < 4.78 is 0. The average molecular weight is 294 g/mol. The molecule has 0 aliphatic carbocycles. The zero-order valence-corrected chi connectivity index (χ0v) is 12.5. The second-order valence-electron chi connectivity index (χ2n) is 5.61. The van der Waals surface area contributed by atoms with Crippen molar-refractivity contribution in [3.8, 4) is 34.0 Å². The van der Waals surface area contributed by atoms with Crippen LogP contribution in [0.1, 0.15) is 25.3 Å². The van der Waals surface area contributed by atoms with E-state index in [1.165, 1.54) is 0 Å². The molecular weight excluding hydrogens is 276 g/mol. The fourth-order valence-electron chi connectivity index (χ4n) is 2.60. The van der Waals surface area contributed by atoms with Gasteiger partial charge in [0.05, 0.1) is 11.4 Å². The van der Waals surface area contributed by atoms with Crippen LogP contribution in [-0.2, 0) is 0 Å². The number of H-pyrrole nitrogens is 1. The van der Waals surface area contributed by atoms with E-state index >= 15 is 0 Å². The fourth-order valence-corrected chi connectivity index (χ4v) is 2.60. The molecule has 3 N–H and O–H groups in total. The van der Waals surface area contributed by atoms with Crippen LogP contribution in [0.3, 0.4) is 0 Å². The molecular formula is C18H18N2O2. The molecule has 2 aromatic carbocycles. The summed E-state index contributed by atoms with van der Waals surface area (Å²) in [4.78, 5) is 0. The number of nitrogens with zero attached hydrogens (tertiary/aromatic N) is 1. The SMILES string of the molecule is CC(C)c1c(-c2ccc(O)cc2)n[nH]c1-c1ccc(O)cc1. The third-order valence-corrected chi connectivity index (χ3v) is 3.68. The lowest BCUT2D eigenvalue weighted by molar-refractivity contribution is 0.475. The number of nitrogens with one attached hydrogen (secondary N) is 1. The predicted octanol–water partition coefficient (Wildman–Crippen LogP) is 4.28. The largest absolute Gasteiger partial charge is 0.508 e. The molecule has 22 heavy (non-hydrogen) atoms. The number of hydrogen-bond acceptors (Lipinski definition) is 3. The molecule has 3 aromatic rings. The second kappa shape index (κ2) is 5.56. The summed E-state index contributed by atoms with van der Waals surface area (Å²) in [6, 6.07) is 14.1. The molecule has 4 nitrogen and oxygen atoms in total. The minimum Gasteiger partial charge on any atom is -0.508 e. The minimum absolute atomic E-state index is 0.240. The Morgan fingerprint density at radius 1 is 0.818 bits per heavy atom. The lowest BCUT2D eigenvalue weighted by Crippen LogP contribution is -1.92. The highest BCUT2D eigenvalue weighted by Gasteiger charge is 2.18. The van der Waals surface area contributed by atoms with Gasteiger partial charge < -0.3 is 10.2 Å². The Labute approximate surface area is 129 Å². The van der Waals surface area contributed by atoms with E-state index in [9.17, 15) is 10.2 Å². The van der Waals surface area contributed by atoms with Crippen molar-refractivity contribution in [3.63, 3.8) is 0 Å². The minimum atomic E-state index is 0.240. The van der Waals surface area contributed by atoms with Crippen LogP contribution in [0.25, 0.3) is 22.5 Å². The van der Waals surface area contributed by atoms with Crippen LogP contribution >= 0.6 is 0 Å². The van der Waals surface area contributed by atoms with Crippen LogP contribution in [0.5, 0.6) is 11.5 Å². The second-order valence-corrected chi connectivity index (χ2v) is 5.61. The zero-order valence-electron chi connectivity index (χ0n) is 12.5. The quantitative estimate of drug-likeness (QED) is 0.675. The van der Waals surface area contributed by atoms with Crippen molar-refractivity contribution >= 4 is 0 Å². The molecule has 1 heterocycles. The molecule has 0 unspecified atom stereocenters. The van der Waals surface area contributed by atoms with Crippen molar-refractivity contribution in [2.45, 2.75) is 19.8 Å². The van der Waals surface area contributed by atoms with Gasteiger partial charge in [-0.2, -0.15) is 5.10 Å². The molecule has 0 amide bonds. The van der Waals surface area contributed by atoms with Crippen LogP contribution in [0.2, 0.25) is 0 Å². The number of benzene rings is 2. The average Bonchev–Trinajstić information content (AvgIpc) is 2.94. The molecule has 0 bridgehead atoms. The smallest absolute Gasteiger partial charge is 0.115 e. The van der Waals surface area contributed by atoms with E-state index in [0.29, 0.717) is 0 Å². The fraction of sp³-hybridized carbons (Fsp3) is 0.167. The van der Waals surface area contributed by atoms with Gasteiger partial charge in [-0.3, -0.25) is 5.10 Å². The lowest BCUT2D eigenvalue weighted by Gasteiger charge is -2.10. The van der Waals surface area contributed by atoms with Crippen molar-refractivity contribution in [2.75, 3.05) is 0 Å². The van der Waals surface area contributed by atoms with E-state index in [1.54, 1.807) is 24.3 Å². The number of rotatable bonds is 3.